The van der Waals surface area contributed by atoms with Gasteiger partial charge in [-0.3, -0.25) is 0 Å². The predicted octanol–water partition coefficient (Wildman–Crippen LogP) is 6.56. The summed E-state index contributed by atoms with van der Waals surface area (Å²) in [7, 11) is 0. The zero-order chi connectivity index (χ0) is 24.8. The van der Waals surface area contributed by atoms with Crippen LogP contribution in [0.1, 0.15) is 18.3 Å². The minimum Gasteiger partial charge on any atom is -0.438 e. The molecule has 2 N–H and O–H groups in total. The van der Waals surface area contributed by atoms with Gasteiger partial charge in [-0.1, -0.05) is 13.0 Å². The lowest BCUT2D eigenvalue weighted by molar-refractivity contribution is -0.137. The first-order valence-electron chi connectivity index (χ1n) is 10.6. The smallest absolute Gasteiger partial charge is 0.416 e. The van der Waals surface area contributed by atoms with Crippen LogP contribution in [-0.2, 0) is 12.6 Å². The summed E-state index contributed by atoms with van der Waals surface area (Å²) in [5.41, 5.74) is 0.984. The Morgan fingerprint density at radius 1 is 0.914 bits per heavy atom. The van der Waals surface area contributed by atoms with Gasteiger partial charge in [0.2, 0.25) is 5.88 Å². The van der Waals surface area contributed by atoms with E-state index in [9.17, 15) is 18.0 Å². The van der Waals surface area contributed by atoms with Gasteiger partial charge >= 0.3 is 12.2 Å². The summed E-state index contributed by atoms with van der Waals surface area (Å²) < 4.78 is 44.5. The first-order valence-corrected chi connectivity index (χ1v) is 10.6. The minimum absolute atomic E-state index is 0.0240. The Balaban J connectivity index is 1.43. The molecule has 35 heavy (non-hydrogen) atoms. The number of aryl methyl sites for hydroxylation is 1. The highest BCUT2D eigenvalue weighted by molar-refractivity contribution is 5.99. The quantitative estimate of drug-likeness (QED) is 0.327. The maximum absolute atomic E-state index is 12.9. The molecule has 4 rings (SSSR count). The maximum atomic E-state index is 12.9. The molecular formula is C25H20F3N5O2. The van der Waals surface area contributed by atoms with Crippen LogP contribution < -0.4 is 15.4 Å². The number of hydrogen-bond donors (Lipinski definition) is 2. The molecule has 0 bridgehead atoms. The van der Waals surface area contributed by atoms with Crippen LogP contribution in [0, 0.1) is 0 Å². The molecule has 0 radical (unpaired) electrons. The largest absolute Gasteiger partial charge is 0.438 e. The van der Waals surface area contributed by atoms with Gasteiger partial charge in [-0.2, -0.15) is 13.2 Å². The Morgan fingerprint density at radius 2 is 1.69 bits per heavy atom. The fourth-order valence-electron chi connectivity index (χ4n) is 3.17. The molecule has 0 unspecified atom stereocenters. The van der Waals surface area contributed by atoms with Gasteiger partial charge in [0, 0.05) is 30.2 Å². The molecule has 0 aliphatic carbocycles. The van der Waals surface area contributed by atoms with Crippen molar-refractivity contribution in [3.63, 3.8) is 0 Å². The third-order valence-electron chi connectivity index (χ3n) is 4.84. The van der Waals surface area contributed by atoms with Gasteiger partial charge in [-0.25, -0.2) is 19.7 Å². The molecule has 0 aliphatic rings. The second-order valence-electron chi connectivity index (χ2n) is 7.35. The van der Waals surface area contributed by atoms with E-state index in [1.807, 2.05) is 13.0 Å². The molecule has 2 aromatic heterocycles. The average molecular weight is 479 g/mol. The third-order valence-corrected chi connectivity index (χ3v) is 4.84. The lowest BCUT2D eigenvalue weighted by atomic mass is 10.2. The zero-order valence-corrected chi connectivity index (χ0v) is 18.5. The van der Waals surface area contributed by atoms with Crippen LogP contribution in [0.25, 0.3) is 11.3 Å². The molecule has 2 heterocycles. The number of nitrogens with zero attached hydrogens (tertiary/aromatic N) is 3. The lowest BCUT2D eigenvalue weighted by Crippen LogP contribution is -2.19. The van der Waals surface area contributed by atoms with Gasteiger partial charge < -0.3 is 15.4 Å². The number of ether oxygens (including phenoxy) is 1. The number of anilines is 2. The van der Waals surface area contributed by atoms with Crippen molar-refractivity contribution in [2.24, 2.45) is 0 Å². The monoisotopic (exact) mass is 479 g/mol. The number of pyridine rings is 1. The van der Waals surface area contributed by atoms with Crippen molar-refractivity contribution in [1.82, 2.24) is 15.0 Å². The fraction of sp³-hybridized carbons (Fsp3) is 0.120. The van der Waals surface area contributed by atoms with Gasteiger partial charge in [-0.15, -0.1) is 0 Å². The highest BCUT2D eigenvalue weighted by atomic mass is 19.4. The van der Waals surface area contributed by atoms with Crippen molar-refractivity contribution >= 4 is 17.4 Å². The molecule has 0 aliphatic heterocycles. The summed E-state index contributed by atoms with van der Waals surface area (Å²) in [5, 5.41) is 4.96. The summed E-state index contributed by atoms with van der Waals surface area (Å²) in [5.74, 6) is 1.53. The zero-order valence-electron chi connectivity index (χ0n) is 18.5. The summed E-state index contributed by atoms with van der Waals surface area (Å²) in [6.07, 6.45) is -0.513. The average Bonchev–Trinajstić information content (AvgIpc) is 2.85. The number of halogens is 3. The van der Waals surface area contributed by atoms with E-state index in [1.165, 1.54) is 12.1 Å². The lowest BCUT2D eigenvalue weighted by Gasteiger charge is -2.12. The number of urea groups is 1. The van der Waals surface area contributed by atoms with Crippen LogP contribution in [0.15, 0.2) is 79.1 Å². The van der Waals surface area contributed by atoms with Gasteiger partial charge in [0.05, 0.1) is 16.8 Å². The Labute approximate surface area is 199 Å². The van der Waals surface area contributed by atoms with E-state index in [0.717, 1.165) is 12.1 Å². The summed E-state index contributed by atoms with van der Waals surface area (Å²) in [6, 6.07) is 15.6. The van der Waals surface area contributed by atoms with E-state index < -0.39 is 17.8 Å². The summed E-state index contributed by atoms with van der Waals surface area (Å²) >= 11 is 0. The highest BCUT2D eigenvalue weighted by Crippen LogP contribution is 2.32. The second-order valence-corrected chi connectivity index (χ2v) is 7.35. The van der Waals surface area contributed by atoms with Crippen LogP contribution in [0.4, 0.5) is 29.3 Å². The van der Waals surface area contributed by atoms with Crippen LogP contribution in [-0.4, -0.2) is 21.0 Å². The van der Waals surface area contributed by atoms with Crippen molar-refractivity contribution in [2.75, 3.05) is 10.6 Å². The molecule has 4 aromatic rings. The Morgan fingerprint density at radius 3 is 2.43 bits per heavy atom. The van der Waals surface area contributed by atoms with Crippen LogP contribution >= 0.6 is 0 Å². The topological polar surface area (TPSA) is 89.0 Å². The standard InChI is InChI=1S/C25H20F3N5O2/c1-2-22-29-14-12-21(33-22)20-7-4-13-30-23(20)35-19-10-8-17(9-11-19)31-24(34)32-18-6-3-5-16(15-18)25(26,27)28/h3-15H,2H2,1H3,(H2,31,32,34). The molecule has 0 spiro atoms. The van der Waals surface area contributed by atoms with Gasteiger partial charge in [-0.05, 0) is 60.7 Å². The van der Waals surface area contributed by atoms with Crippen LogP contribution in [0.2, 0.25) is 0 Å². The van der Waals surface area contributed by atoms with E-state index in [-0.39, 0.29) is 5.69 Å². The number of rotatable bonds is 6. The van der Waals surface area contributed by atoms with Gasteiger partial charge in [0.25, 0.3) is 0 Å². The summed E-state index contributed by atoms with van der Waals surface area (Å²) in [6.45, 7) is 1.97. The number of benzene rings is 2. The van der Waals surface area contributed by atoms with Crippen molar-refractivity contribution in [2.45, 2.75) is 19.5 Å². The molecule has 0 atom stereocenters. The van der Waals surface area contributed by atoms with E-state index in [4.69, 9.17) is 4.74 Å². The number of nitrogens with one attached hydrogen (secondary N) is 2. The van der Waals surface area contributed by atoms with E-state index in [1.54, 1.807) is 48.8 Å². The Kier molecular flexibility index (Phi) is 6.91. The SMILES string of the molecule is CCc1nccc(-c2cccnc2Oc2ccc(NC(=O)Nc3cccc(C(F)(F)F)c3)cc2)n1. The summed E-state index contributed by atoms with van der Waals surface area (Å²) in [4.78, 5) is 25.2. The molecular weight excluding hydrogens is 459 g/mol. The van der Waals surface area contributed by atoms with Crippen molar-refractivity contribution in [1.29, 1.82) is 0 Å². The highest BCUT2D eigenvalue weighted by Gasteiger charge is 2.30. The molecule has 10 heteroatoms. The maximum Gasteiger partial charge on any atom is 0.416 e. The third kappa shape index (κ3) is 6.11. The first-order chi connectivity index (χ1) is 16.8. The van der Waals surface area contributed by atoms with Crippen LogP contribution in [0.3, 0.4) is 0 Å². The molecule has 7 nitrogen and oxygen atoms in total. The Bertz CT molecular complexity index is 1330. The molecule has 0 fully saturated rings. The van der Waals surface area contributed by atoms with Gasteiger partial charge in [0.1, 0.15) is 11.6 Å². The normalized spacial score (nSPS) is 11.1. The van der Waals surface area contributed by atoms with E-state index in [2.05, 4.69) is 25.6 Å². The number of alkyl halides is 3. The number of aromatic nitrogens is 3. The van der Waals surface area contributed by atoms with Gasteiger partial charge in [0.15, 0.2) is 0 Å². The van der Waals surface area contributed by atoms with Crippen molar-refractivity contribution in [3.05, 3.63) is 90.5 Å². The second kappa shape index (κ2) is 10.2. The molecule has 178 valence electrons. The fourth-order valence-corrected chi connectivity index (χ4v) is 3.17. The Hall–Kier alpha value is -4.47. The predicted molar refractivity (Wildman–Crippen MR) is 125 cm³/mol. The number of amides is 2. The number of carbonyl (C=O) groups is 1. The minimum atomic E-state index is -4.50. The molecule has 0 saturated heterocycles. The molecule has 2 aromatic carbocycles. The molecule has 0 saturated carbocycles. The first kappa shape index (κ1) is 23.7. The molecule has 2 amide bonds. The van der Waals surface area contributed by atoms with E-state index >= 15 is 0 Å². The van der Waals surface area contributed by atoms with Crippen molar-refractivity contribution < 1.29 is 22.7 Å². The van der Waals surface area contributed by atoms with Crippen molar-refractivity contribution in [3.8, 4) is 22.9 Å². The van der Waals surface area contributed by atoms with E-state index in [0.29, 0.717) is 40.8 Å². The number of hydrogen-bond acceptors (Lipinski definition) is 5. The number of carbonyl (C=O) groups excluding carboxylic acids is 1. The van der Waals surface area contributed by atoms with Crippen LogP contribution in [0.5, 0.6) is 11.6 Å².